The Morgan fingerprint density at radius 3 is 2.58 bits per heavy atom. The number of nitrogens with zero attached hydrogens (tertiary/aromatic N) is 5. The number of ether oxygens (including phenoxy) is 1. The molecular formula is C26H28N6O4. The van der Waals surface area contributed by atoms with Gasteiger partial charge in [-0.05, 0) is 51.8 Å². The number of benzene rings is 1. The highest BCUT2D eigenvalue weighted by Crippen LogP contribution is 2.40. The molecule has 1 aliphatic rings. The molecule has 1 saturated carbocycles. The molecule has 1 aliphatic carbocycles. The Balaban J connectivity index is 1.35. The number of aromatic nitrogens is 5. The van der Waals surface area contributed by atoms with Gasteiger partial charge < -0.3 is 10.1 Å². The van der Waals surface area contributed by atoms with Crippen LogP contribution in [0.5, 0.6) is 0 Å². The number of amides is 1. The van der Waals surface area contributed by atoms with E-state index in [2.05, 4.69) is 10.4 Å². The van der Waals surface area contributed by atoms with Crippen molar-refractivity contribution in [1.82, 2.24) is 24.1 Å². The smallest absolute Gasteiger partial charge is 0.339 e. The molecule has 0 unspecified atom stereocenters. The minimum absolute atomic E-state index is 0.0770. The van der Waals surface area contributed by atoms with Crippen molar-refractivity contribution in [2.24, 2.45) is 7.05 Å². The number of para-hydroxylation sites is 1. The first-order valence-electron chi connectivity index (χ1n) is 12.0. The van der Waals surface area contributed by atoms with Crippen molar-refractivity contribution in [3.8, 4) is 5.69 Å². The number of anilines is 1. The third-order valence-electron chi connectivity index (χ3n) is 6.44. The number of hydrogen-bond acceptors (Lipinski definition) is 6. The molecule has 0 aliphatic heterocycles. The Kier molecular flexibility index (Phi) is 5.95. The lowest BCUT2D eigenvalue weighted by Gasteiger charge is -2.10. The molecule has 3 heterocycles. The summed E-state index contributed by atoms with van der Waals surface area (Å²) < 4.78 is 10.3. The van der Waals surface area contributed by atoms with Gasteiger partial charge in [0.1, 0.15) is 5.69 Å². The van der Waals surface area contributed by atoms with Gasteiger partial charge in [0, 0.05) is 24.7 Å². The summed E-state index contributed by atoms with van der Waals surface area (Å²) in [5.74, 6) is -0.901. The van der Waals surface area contributed by atoms with Crippen molar-refractivity contribution in [3.05, 3.63) is 69.9 Å². The zero-order chi connectivity index (χ0) is 25.6. The fraction of sp³-hybridized carbons (Fsp3) is 0.346. The molecule has 1 amide bonds. The van der Waals surface area contributed by atoms with Crippen molar-refractivity contribution in [3.63, 3.8) is 0 Å². The number of hydrogen-bond donors (Lipinski definition) is 1. The molecule has 1 fully saturated rings. The minimum Gasteiger partial charge on any atom is -0.452 e. The van der Waals surface area contributed by atoms with E-state index in [0.717, 1.165) is 18.5 Å². The average molecular weight is 489 g/mol. The summed E-state index contributed by atoms with van der Waals surface area (Å²) in [6.45, 7) is 5.20. The van der Waals surface area contributed by atoms with E-state index in [1.165, 1.54) is 4.68 Å². The zero-order valence-corrected chi connectivity index (χ0v) is 20.7. The van der Waals surface area contributed by atoms with Gasteiger partial charge >= 0.3 is 5.97 Å². The highest BCUT2D eigenvalue weighted by molar-refractivity contribution is 6.04. The molecule has 10 heteroatoms. The van der Waals surface area contributed by atoms with Gasteiger partial charge in [0.25, 0.3) is 11.5 Å². The summed E-state index contributed by atoms with van der Waals surface area (Å²) in [5, 5.41) is 7.59. The van der Waals surface area contributed by atoms with Crippen LogP contribution in [0.3, 0.4) is 0 Å². The predicted molar refractivity (Wildman–Crippen MR) is 135 cm³/mol. The van der Waals surface area contributed by atoms with Crippen molar-refractivity contribution in [2.45, 2.75) is 45.6 Å². The second-order valence-electron chi connectivity index (χ2n) is 9.35. The summed E-state index contributed by atoms with van der Waals surface area (Å²) in [4.78, 5) is 43.5. The fourth-order valence-corrected chi connectivity index (χ4v) is 4.27. The highest BCUT2D eigenvalue weighted by Gasteiger charge is 2.29. The van der Waals surface area contributed by atoms with Gasteiger partial charge in [0.05, 0.1) is 28.5 Å². The molecule has 1 aromatic carbocycles. The van der Waals surface area contributed by atoms with Crippen LogP contribution in [0.4, 0.5) is 5.69 Å². The summed E-state index contributed by atoms with van der Waals surface area (Å²) in [7, 11) is 1.74. The molecule has 0 radical (unpaired) electrons. The Morgan fingerprint density at radius 2 is 1.92 bits per heavy atom. The van der Waals surface area contributed by atoms with E-state index >= 15 is 0 Å². The van der Waals surface area contributed by atoms with E-state index in [1.54, 1.807) is 47.7 Å². The van der Waals surface area contributed by atoms with Crippen LogP contribution in [0.15, 0.2) is 47.4 Å². The maximum Gasteiger partial charge on any atom is 0.339 e. The number of nitrogens with one attached hydrogen (secondary N) is 1. The lowest BCUT2D eigenvalue weighted by molar-refractivity contribution is -0.119. The largest absolute Gasteiger partial charge is 0.452 e. The normalized spacial score (nSPS) is 13.4. The van der Waals surface area contributed by atoms with E-state index in [9.17, 15) is 14.4 Å². The number of carbonyl (C=O) groups excluding carboxylic acids is 2. The molecule has 3 aromatic heterocycles. The van der Waals surface area contributed by atoms with Crippen LogP contribution in [-0.4, -0.2) is 42.6 Å². The van der Waals surface area contributed by atoms with Crippen LogP contribution in [-0.2, 0) is 16.6 Å². The number of carbonyl (C=O) groups is 2. The van der Waals surface area contributed by atoms with E-state index in [-0.39, 0.29) is 17.3 Å². The third-order valence-corrected chi connectivity index (χ3v) is 6.44. The second-order valence-corrected chi connectivity index (χ2v) is 9.35. The van der Waals surface area contributed by atoms with Gasteiger partial charge in [0.2, 0.25) is 0 Å². The van der Waals surface area contributed by atoms with Crippen LogP contribution in [0.1, 0.15) is 60.4 Å². The molecule has 10 nitrogen and oxygen atoms in total. The molecule has 5 rings (SSSR count). The van der Waals surface area contributed by atoms with Crippen molar-refractivity contribution < 1.29 is 14.3 Å². The van der Waals surface area contributed by atoms with Crippen LogP contribution >= 0.6 is 0 Å². The molecule has 36 heavy (non-hydrogen) atoms. The third kappa shape index (κ3) is 4.19. The van der Waals surface area contributed by atoms with Gasteiger partial charge in [-0.25, -0.2) is 19.1 Å². The molecule has 0 atom stereocenters. The maximum atomic E-state index is 13.0. The van der Waals surface area contributed by atoms with Crippen LogP contribution in [0.25, 0.3) is 16.7 Å². The highest BCUT2D eigenvalue weighted by atomic mass is 16.5. The number of esters is 1. The van der Waals surface area contributed by atoms with Gasteiger partial charge in [-0.15, -0.1) is 0 Å². The quantitative estimate of drug-likeness (QED) is 0.399. The minimum atomic E-state index is -0.630. The monoisotopic (exact) mass is 488 g/mol. The van der Waals surface area contributed by atoms with Gasteiger partial charge in [0.15, 0.2) is 12.3 Å². The summed E-state index contributed by atoms with van der Waals surface area (Å²) in [5.41, 5.74) is 2.83. The van der Waals surface area contributed by atoms with E-state index < -0.39 is 18.5 Å². The number of pyridine rings is 1. The molecule has 4 aromatic rings. The van der Waals surface area contributed by atoms with Gasteiger partial charge in [-0.2, -0.15) is 5.10 Å². The molecule has 0 bridgehead atoms. The van der Waals surface area contributed by atoms with Crippen molar-refractivity contribution >= 4 is 28.6 Å². The lowest BCUT2D eigenvalue weighted by atomic mass is 10.1. The van der Waals surface area contributed by atoms with Crippen molar-refractivity contribution in [2.75, 3.05) is 11.9 Å². The SMILES string of the molecule is Cc1c(NC(=O)COC(=O)c2cc(C3CC3)nc3c2cnn3C(C)C)c(=O)n(-c2ccccc2)n1C. The Morgan fingerprint density at radius 1 is 1.19 bits per heavy atom. The topological polar surface area (TPSA) is 113 Å². The maximum absolute atomic E-state index is 13.0. The lowest BCUT2D eigenvalue weighted by Crippen LogP contribution is -2.26. The van der Waals surface area contributed by atoms with Gasteiger partial charge in [-0.1, -0.05) is 18.2 Å². The van der Waals surface area contributed by atoms with Crippen LogP contribution in [0.2, 0.25) is 0 Å². The number of rotatable bonds is 7. The first-order valence-corrected chi connectivity index (χ1v) is 12.0. The van der Waals surface area contributed by atoms with Crippen molar-refractivity contribution in [1.29, 1.82) is 0 Å². The summed E-state index contributed by atoms with van der Waals surface area (Å²) in [6.07, 6.45) is 3.67. The van der Waals surface area contributed by atoms with E-state index in [0.29, 0.717) is 33.9 Å². The second kappa shape index (κ2) is 9.10. The van der Waals surface area contributed by atoms with E-state index in [1.807, 2.05) is 32.0 Å². The molecular weight excluding hydrogens is 460 g/mol. The fourth-order valence-electron chi connectivity index (χ4n) is 4.27. The summed E-state index contributed by atoms with van der Waals surface area (Å²) in [6, 6.07) is 11.0. The molecule has 0 spiro atoms. The predicted octanol–water partition coefficient (Wildman–Crippen LogP) is 3.48. The Hall–Kier alpha value is -4.21. The summed E-state index contributed by atoms with van der Waals surface area (Å²) >= 11 is 0. The molecule has 186 valence electrons. The van der Waals surface area contributed by atoms with E-state index in [4.69, 9.17) is 9.72 Å². The zero-order valence-electron chi connectivity index (χ0n) is 20.7. The Labute approximate surface area is 207 Å². The van der Waals surface area contributed by atoms with Crippen LogP contribution in [0, 0.1) is 6.92 Å². The first kappa shape index (κ1) is 23.5. The standard InChI is InChI=1S/C26H28N6O4/c1-15(2)31-24-20(13-27-31)19(12-21(28-24)17-10-11-17)26(35)36-14-22(33)29-23-16(3)30(4)32(25(23)34)18-8-6-5-7-9-18/h5-9,12-13,15,17H,10-11,14H2,1-4H3,(H,29,33). The first-order chi connectivity index (χ1) is 17.3. The van der Waals surface area contributed by atoms with Gasteiger partial charge in [-0.3, -0.25) is 14.3 Å². The Bertz CT molecular complexity index is 1530. The molecule has 0 saturated heterocycles. The van der Waals surface area contributed by atoms with Crippen LogP contribution < -0.4 is 10.9 Å². The average Bonchev–Trinajstić information content (AvgIpc) is 3.59. The molecule has 1 N–H and O–H groups in total. The number of fused-ring (bicyclic) bond motifs is 1.